The molecular formula is C34H47N5O9S. The summed E-state index contributed by atoms with van der Waals surface area (Å²) in [6.45, 7) is 10.6. The number of ether oxygens (including phenoxy) is 3. The second kappa shape index (κ2) is 13.8. The number of amides is 3. The van der Waals surface area contributed by atoms with Gasteiger partial charge in [-0.05, 0) is 70.2 Å². The molecule has 0 radical (unpaired) electrons. The first kappa shape index (κ1) is 36.3. The molecule has 2 aromatic rings. The first-order valence-electron chi connectivity index (χ1n) is 16.5. The van der Waals surface area contributed by atoms with Crippen LogP contribution in [0.3, 0.4) is 0 Å². The van der Waals surface area contributed by atoms with Gasteiger partial charge in [-0.3, -0.25) is 19.2 Å². The average molecular weight is 702 g/mol. The zero-order valence-corrected chi connectivity index (χ0v) is 29.8. The summed E-state index contributed by atoms with van der Waals surface area (Å²) < 4.78 is 44.8. The SMILES string of the molecule is C/C=C1/C[C@]1(NC(=O)[C@@H]1C[C@@H](Oc2nccc3c(OC)cccc23)CN1C(O)[C@@H](NC(=O)OC(C)(C)C)C(C)C)C(=O)NS(=O)(=O)C1CC1. The summed E-state index contributed by atoms with van der Waals surface area (Å²) in [5.74, 6) is -0.771. The number of aliphatic hydroxyl groups is 1. The highest BCUT2D eigenvalue weighted by molar-refractivity contribution is 7.91. The Morgan fingerprint density at radius 3 is 2.45 bits per heavy atom. The van der Waals surface area contributed by atoms with Gasteiger partial charge >= 0.3 is 6.09 Å². The fraction of sp³-hybridized carbons (Fsp3) is 0.588. The second-order valence-electron chi connectivity index (χ2n) is 14.3. The zero-order valence-electron chi connectivity index (χ0n) is 29.0. The number of aliphatic hydroxyl groups excluding tert-OH is 1. The van der Waals surface area contributed by atoms with Crippen molar-refractivity contribution in [3.8, 4) is 11.6 Å². The van der Waals surface area contributed by atoms with E-state index in [1.165, 1.54) is 4.90 Å². The minimum absolute atomic E-state index is 0.0617. The summed E-state index contributed by atoms with van der Waals surface area (Å²) in [6, 6.07) is 5.39. The lowest BCUT2D eigenvalue weighted by Crippen LogP contribution is -2.60. The van der Waals surface area contributed by atoms with E-state index in [9.17, 15) is 27.9 Å². The standard InChI is InChI=1S/C34H47N5O9S/c1-8-20-17-34(20,31(42)38-49(44,45)22-12-13-22)37-28(40)25-16-21(47-29-24-10-9-11-26(46-7)23(24)14-15-35-29)18-39(25)30(41)27(19(2)3)36-32(43)48-33(4,5)6/h8-11,14-15,19,21-22,25,27,30,41H,12-13,16-18H2,1-7H3,(H,36,43)(H,37,40)(H,38,42)/b20-8-/t21-,25+,27+,30?,34-/m1/s1. The number of methoxy groups -OCH3 is 1. The number of rotatable bonds is 12. The molecule has 2 heterocycles. The Bertz CT molecular complexity index is 1740. The summed E-state index contributed by atoms with van der Waals surface area (Å²) in [7, 11) is -2.30. The van der Waals surface area contributed by atoms with Crippen LogP contribution in [0.15, 0.2) is 42.1 Å². The number of nitrogens with zero attached hydrogens (tertiary/aromatic N) is 2. The average Bonchev–Trinajstić information content (AvgIpc) is 3.95. The number of benzene rings is 1. The van der Waals surface area contributed by atoms with Crippen LogP contribution in [0.5, 0.6) is 11.6 Å². The topological polar surface area (TPSA) is 185 Å². The van der Waals surface area contributed by atoms with E-state index >= 15 is 0 Å². The summed E-state index contributed by atoms with van der Waals surface area (Å²) in [6.07, 6.45) is 1.70. The van der Waals surface area contributed by atoms with Gasteiger partial charge in [-0.15, -0.1) is 0 Å². The third-order valence-corrected chi connectivity index (χ3v) is 10.9. The Morgan fingerprint density at radius 1 is 1.14 bits per heavy atom. The molecule has 5 atom stereocenters. The molecule has 5 rings (SSSR count). The third-order valence-electron chi connectivity index (χ3n) is 9.04. The van der Waals surface area contributed by atoms with E-state index in [-0.39, 0.29) is 25.3 Å². The van der Waals surface area contributed by atoms with E-state index in [1.54, 1.807) is 53.1 Å². The molecule has 49 heavy (non-hydrogen) atoms. The zero-order chi connectivity index (χ0) is 35.9. The monoisotopic (exact) mass is 701 g/mol. The van der Waals surface area contributed by atoms with Crippen LogP contribution in [0.25, 0.3) is 10.8 Å². The Morgan fingerprint density at radius 2 is 1.86 bits per heavy atom. The first-order valence-corrected chi connectivity index (χ1v) is 18.1. The number of pyridine rings is 1. The predicted molar refractivity (Wildman–Crippen MR) is 181 cm³/mol. The van der Waals surface area contributed by atoms with Gasteiger partial charge in [0.1, 0.15) is 29.2 Å². The van der Waals surface area contributed by atoms with Crippen LogP contribution in [-0.4, -0.2) is 95.8 Å². The van der Waals surface area contributed by atoms with Gasteiger partial charge in [0.15, 0.2) is 0 Å². The van der Waals surface area contributed by atoms with Crippen LogP contribution < -0.4 is 24.8 Å². The lowest BCUT2D eigenvalue weighted by molar-refractivity contribution is -0.135. The van der Waals surface area contributed by atoms with Crippen molar-refractivity contribution < 1.29 is 42.1 Å². The number of hydrogen-bond acceptors (Lipinski definition) is 11. The van der Waals surface area contributed by atoms with Crippen LogP contribution in [0, 0.1) is 5.92 Å². The van der Waals surface area contributed by atoms with Crippen molar-refractivity contribution in [2.75, 3.05) is 13.7 Å². The van der Waals surface area contributed by atoms with Crippen molar-refractivity contribution in [3.63, 3.8) is 0 Å². The normalized spacial score (nSPS) is 24.7. The molecule has 1 unspecified atom stereocenters. The summed E-state index contributed by atoms with van der Waals surface area (Å²) >= 11 is 0. The number of fused-ring (bicyclic) bond motifs is 1. The number of hydrogen-bond donors (Lipinski definition) is 4. The van der Waals surface area contributed by atoms with Gasteiger partial charge in [-0.1, -0.05) is 26.0 Å². The molecule has 1 aliphatic heterocycles. The largest absolute Gasteiger partial charge is 0.496 e. The molecule has 268 valence electrons. The number of likely N-dealkylation sites (tertiary alicyclic amines) is 1. The fourth-order valence-corrected chi connectivity index (χ4v) is 7.60. The molecule has 4 N–H and O–H groups in total. The number of nitrogens with one attached hydrogen (secondary N) is 3. The Kier molecular flexibility index (Phi) is 10.2. The molecule has 1 saturated heterocycles. The number of alkyl carbamates (subject to hydrolysis) is 1. The molecule has 3 aliphatic rings. The molecule has 3 amide bonds. The molecule has 1 aromatic heterocycles. The van der Waals surface area contributed by atoms with Crippen molar-refractivity contribution in [1.82, 2.24) is 25.2 Å². The fourth-order valence-electron chi connectivity index (χ4n) is 6.24. The van der Waals surface area contributed by atoms with Crippen LogP contribution in [-0.2, 0) is 24.3 Å². The van der Waals surface area contributed by atoms with Crippen LogP contribution in [0.2, 0.25) is 0 Å². The number of aromatic nitrogens is 1. The molecular weight excluding hydrogens is 654 g/mol. The van der Waals surface area contributed by atoms with Crippen molar-refractivity contribution in [1.29, 1.82) is 0 Å². The highest BCUT2D eigenvalue weighted by atomic mass is 32.2. The van der Waals surface area contributed by atoms with Crippen molar-refractivity contribution >= 4 is 38.7 Å². The number of sulfonamides is 1. The first-order chi connectivity index (χ1) is 23.0. The van der Waals surface area contributed by atoms with Crippen LogP contribution in [0.4, 0.5) is 4.79 Å². The van der Waals surface area contributed by atoms with Crippen molar-refractivity contribution in [3.05, 3.63) is 42.1 Å². The number of carbonyl (C=O) groups excluding carboxylic acids is 3. The molecule has 3 fully saturated rings. The van der Waals surface area contributed by atoms with Gasteiger partial charge < -0.3 is 30.0 Å². The summed E-state index contributed by atoms with van der Waals surface area (Å²) in [5, 5.41) is 18.2. The van der Waals surface area contributed by atoms with Gasteiger partial charge in [-0.2, -0.15) is 0 Å². The van der Waals surface area contributed by atoms with Gasteiger partial charge in [0.2, 0.25) is 21.8 Å². The maximum atomic E-state index is 14.2. The minimum atomic E-state index is -3.87. The lowest BCUT2D eigenvalue weighted by atomic mass is 10.0. The van der Waals surface area contributed by atoms with E-state index in [2.05, 4.69) is 20.3 Å². The summed E-state index contributed by atoms with van der Waals surface area (Å²) in [4.78, 5) is 46.4. The van der Waals surface area contributed by atoms with Crippen LogP contribution >= 0.6 is 0 Å². The third kappa shape index (κ3) is 7.94. The van der Waals surface area contributed by atoms with Gasteiger partial charge in [-0.25, -0.2) is 18.2 Å². The Hall–Kier alpha value is -3.95. The van der Waals surface area contributed by atoms with E-state index in [0.717, 1.165) is 5.39 Å². The molecule has 2 aliphatic carbocycles. The van der Waals surface area contributed by atoms with Gasteiger partial charge in [0, 0.05) is 36.4 Å². The van der Waals surface area contributed by atoms with Crippen molar-refractivity contribution in [2.45, 2.75) is 108 Å². The highest BCUT2D eigenvalue weighted by Gasteiger charge is 2.59. The van der Waals surface area contributed by atoms with E-state index in [0.29, 0.717) is 35.4 Å². The molecule has 14 nitrogen and oxygen atoms in total. The lowest BCUT2D eigenvalue weighted by Gasteiger charge is -2.36. The minimum Gasteiger partial charge on any atom is -0.496 e. The van der Waals surface area contributed by atoms with Gasteiger partial charge in [0.25, 0.3) is 5.91 Å². The Labute approximate surface area is 287 Å². The molecule has 15 heteroatoms. The second-order valence-corrected chi connectivity index (χ2v) is 16.2. The maximum absolute atomic E-state index is 14.2. The summed E-state index contributed by atoms with van der Waals surface area (Å²) in [5.41, 5.74) is -1.75. The maximum Gasteiger partial charge on any atom is 0.408 e. The number of allylic oxidation sites excluding steroid dienone is 1. The van der Waals surface area contributed by atoms with E-state index < -0.39 is 68.7 Å². The van der Waals surface area contributed by atoms with Crippen molar-refractivity contribution in [2.24, 2.45) is 5.92 Å². The van der Waals surface area contributed by atoms with Gasteiger partial charge in [0.05, 0.1) is 24.4 Å². The van der Waals surface area contributed by atoms with E-state index in [4.69, 9.17) is 14.2 Å². The Balaban J connectivity index is 1.43. The molecule has 2 saturated carbocycles. The molecule has 0 bridgehead atoms. The van der Waals surface area contributed by atoms with E-state index in [1.807, 2.05) is 32.0 Å². The quantitative estimate of drug-likeness (QED) is 0.239. The van der Waals surface area contributed by atoms with Crippen LogP contribution in [0.1, 0.15) is 67.2 Å². The highest BCUT2D eigenvalue weighted by Crippen LogP contribution is 2.44. The molecule has 0 spiro atoms. The predicted octanol–water partition coefficient (Wildman–Crippen LogP) is 2.75. The number of carbonyl (C=O) groups is 3. The smallest absolute Gasteiger partial charge is 0.408 e. The molecule has 1 aromatic carbocycles.